The highest BCUT2D eigenvalue weighted by atomic mass is 79.9. The van der Waals surface area contributed by atoms with Gasteiger partial charge in [-0.05, 0) is 36.6 Å². The summed E-state index contributed by atoms with van der Waals surface area (Å²) in [5, 5.41) is 17.9. The average molecular weight is 595 g/mol. The highest BCUT2D eigenvalue weighted by molar-refractivity contribution is 9.10. The van der Waals surface area contributed by atoms with E-state index in [-0.39, 0.29) is 42.6 Å². The molecule has 1 aliphatic carbocycles. The van der Waals surface area contributed by atoms with Crippen molar-refractivity contribution in [2.75, 3.05) is 19.5 Å². The highest BCUT2D eigenvalue weighted by Crippen LogP contribution is 2.28. The fourth-order valence-electron chi connectivity index (χ4n) is 4.13. The van der Waals surface area contributed by atoms with E-state index < -0.39 is 28.3 Å². The number of methoxy groups -OCH3 is 1. The number of hydrogen-bond acceptors (Lipinski definition) is 10. The van der Waals surface area contributed by atoms with Crippen LogP contribution in [0.2, 0.25) is 0 Å². The molecule has 4 rings (SSSR count). The van der Waals surface area contributed by atoms with Gasteiger partial charge in [-0.3, -0.25) is 13.7 Å². The minimum atomic E-state index is -3.96. The molecule has 1 aromatic carbocycles. The Morgan fingerprint density at radius 3 is 2.84 bits per heavy atom. The number of aliphatic hydroxyl groups is 1. The molecule has 0 saturated heterocycles. The molecule has 2 aromatic heterocycles. The second-order valence-corrected chi connectivity index (χ2v) is 11.0. The summed E-state index contributed by atoms with van der Waals surface area (Å²) in [5.74, 6) is -0.137. The number of carbonyl (C=O) groups is 1. The molecule has 0 amide bonds. The van der Waals surface area contributed by atoms with Gasteiger partial charge in [0, 0.05) is 30.9 Å². The number of nitrogens with one attached hydrogen (secondary N) is 2. The topological polar surface area (TPSA) is 158 Å². The van der Waals surface area contributed by atoms with Crippen LogP contribution >= 0.6 is 15.9 Å². The first-order valence-corrected chi connectivity index (χ1v) is 13.6. The second-order valence-electron chi connectivity index (χ2n) is 8.53. The van der Waals surface area contributed by atoms with Crippen LogP contribution in [-0.2, 0) is 32.4 Å². The maximum atomic E-state index is 13.5. The first-order chi connectivity index (χ1) is 17.7. The normalized spacial score (nSPS) is 19.7. The van der Waals surface area contributed by atoms with Crippen molar-refractivity contribution in [3.63, 3.8) is 0 Å². The van der Waals surface area contributed by atoms with Crippen LogP contribution in [0.1, 0.15) is 40.2 Å². The lowest BCUT2D eigenvalue weighted by atomic mass is 10.1. The zero-order valence-corrected chi connectivity index (χ0v) is 22.6. The van der Waals surface area contributed by atoms with E-state index in [0.717, 1.165) is 15.7 Å². The molecule has 0 unspecified atom stereocenters. The van der Waals surface area contributed by atoms with Crippen molar-refractivity contribution in [2.24, 2.45) is 0 Å². The third-order valence-corrected chi connectivity index (χ3v) is 7.37. The Labute approximate surface area is 222 Å². The first-order valence-electron chi connectivity index (χ1n) is 11.4. The number of halogens is 1. The lowest BCUT2D eigenvalue weighted by Crippen LogP contribution is -2.31. The van der Waals surface area contributed by atoms with Gasteiger partial charge in [-0.15, -0.1) is 0 Å². The van der Waals surface area contributed by atoms with Crippen LogP contribution in [0.3, 0.4) is 0 Å². The average Bonchev–Trinajstić information content (AvgIpc) is 3.41. The molecule has 0 bridgehead atoms. The molecule has 1 fully saturated rings. The molecular weight excluding hydrogens is 568 g/mol. The fourth-order valence-corrected chi connectivity index (χ4v) is 5.20. The molecule has 0 radical (unpaired) electrons. The third-order valence-electron chi connectivity index (χ3n) is 5.88. The van der Waals surface area contributed by atoms with Gasteiger partial charge in [0.2, 0.25) is 5.78 Å². The Hall–Kier alpha value is -2.75. The van der Waals surface area contributed by atoms with Crippen LogP contribution in [0.4, 0.5) is 5.82 Å². The molecule has 0 aliphatic heterocycles. The molecule has 1 aliphatic rings. The molecule has 3 aromatic rings. The predicted molar refractivity (Wildman–Crippen MR) is 137 cm³/mol. The Balaban J connectivity index is 1.54. The Kier molecular flexibility index (Phi) is 8.67. The van der Waals surface area contributed by atoms with E-state index in [9.17, 15) is 18.3 Å². The number of anilines is 1. The van der Waals surface area contributed by atoms with Gasteiger partial charge in [0.25, 0.3) is 0 Å². The molecule has 14 heteroatoms. The quantitative estimate of drug-likeness (QED) is 0.279. The highest BCUT2D eigenvalue weighted by Gasteiger charge is 2.37. The summed E-state index contributed by atoms with van der Waals surface area (Å²) in [6, 6.07) is 9.08. The Morgan fingerprint density at radius 1 is 1.30 bits per heavy atom. The molecule has 1 saturated carbocycles. The van der Waals surface area contributed by atoms with Crippen molar-refractivity contribution < 1.29 is 27.2 Å². The number of ketones is 1. The summed E-state index contributed by atoms with van der Waals surface area (Å²) in [6.45, 7) is 0.709. The summed E-state index contributed by atoms with van der Waals surface area (Å²) < 4.78 is 38.5. The molecule has 0 spiro atoms. The lowest BCUT2D eigenvalue weighted by molar-refractivity contribution is 0.0636. The van der Waals surface area contributed by atoms with Gasteiger partial charge in [0.15, 0.2) is 0 Å². The number of nitrogens with zero attached hydrogens (tertiary/aromatic N) is 4. The van der Waals surface area contributed by atoms with Crippen molar-refractivity contribution in [3.05, 3.63) is 69.8 Å². The monoisotopic (exact) mass is 594 g/mol. The van der Waals surface area contributed by atoms with E-state index in [2.05, 4.69) is 41.0 Å². The van der Waals surface area contributed by atoms with Gasteiger partial charge in [0.05, 0.1) is 30.5 Å². The number of carbonyl (C=O) groups excluding carboxylic acids is 1. The lowest BCUT2D eigenvalue weighted by Gasteiger charge is -2.15. The number of rotatable bonds is 11. The maximum absolute atomic E-state index is 13.5. The van der Waals surface area contributed by atoms with Crippen molar-refractivity contribution in [1.29, 1.82) is 0 Å². The number of aromatic nitrogens is 4. The first kappa shape index (κ1) is 27.3. The zero-order valence-electron chi connectivity index (χ0n) is 20.2. The van der Waals surface area contributed by atoms with Crippen molar-refractivity contribution >= 4 is 37.8 Å². The molecule has 198 valence electrons. The van der Waals surface area contributed by atoms with Gasteiger partial charge in [-0.25, -0.2) is 9.97 Å². The largest absolute Gasteiger partial charge is 0.390 e. The molecule has 12 nitrogen and oxygen atoms in total. The van der Waals surface area contributed by atoms with Gasteiger partial charge in [0.1, 0.15) is 23.9 Å². The summed E-state index contributed by atoms with van der Waals surface area (Å²) in [7, 11) is -1.17. The van der Waals surface area contributed by atoms with Crippen LogP contribution in [0.5, 0.6) is 0 Å². The third kappa shape index (κ3) is 6.77. The maximum Gasteiger partial charge on any atom is 0.335 e. The van der Waals surface area contributed by atoms with Crippen LogP contribution < -0.4 is 10.0 Å². The molecule has 3 N–H and O–H groups in total. The fraction of sp³-hybridized carbons (Fsp3) is 0.391. The number of ether oxygens (including phenoxy) is 1. The van der Waals surface area contributed by atoms with Crippen LogP contribution in [-0.4, -0.2) is 71.5 Å². The Morgan fingerprint density at radius 2 is 2.11 bits per heavy atom. The zero-order chi connectivity index (χ0) is 26.6. The van der Waals surface area contributed by atoms with E-state index >= 15 is 0 Å². The Bertz CT molecular complexity index is 1370. The number of hydrogen-bond donors (Lipinski definition) is 3. The summed E-state index contributed by atoms with van der Waals surface area (Å²) in [5.41, 5.74) is 2.12. The van der Waals surface area contributed by atoms with E-state index in [0.29, 0.717) is 6.54 Å². The van der Waals surface area contributed by atoms with E-state index in [4.69, 9.17) is 8.92 Å². The van der Waals surface area contributed by atoms with E-state index in [1.165, 1.54) is 19.6 Å². The van der Waals surface area contributed by atoms with Crippen LogP contribution in [0.15, 0.2) is 47.3 Å². The van der Waals surface area contributed by atoms with E-state index in [1.54, 1.807) is 17.9 Å². The SMILES string of the molecule is CNS(=O)(=O)O[C@@H]1C[C@H](Nc2ncncc2C(=O)c2cc(COC)n(Cc3cccc(Br)c3)n2)C[C@@H]1O. The van der Waals surface area contributed by atoms with Crippen molar-refractivity contribution in [3.8, 4) is 0 Å². The van der Waals surface area contributed by atoms with E-state index in [1.807, 2.05) is 24.3 Å². The predicted octanol–water partition coefficient (Wildman–Crippen LogP) is 1.65. The van der Waals surface area contributed by atoms with Gasteiger partial charge >= 0.3 is 10.3 Å². The second kappa shape index (κ2) is 11.8. The van der Waals surface area contributed by atoms with Gasteiger partial charge < -0.3 is 15.2 Å². The molecular formula is C23H27BrN6O6S. The minimum absolute atomic E-state index is 0.193. The van der Waals surface area contributed by atoms with Gasteiger partial charge in [-0.1, -0.05) is 28.1 Å². The van der Waals surface area contributed by atoms with Crippen molar-refractivity contribution in [1.82, 2.24) is 24.5 Å². The van der Waals surface area contributed by atoms with Crippen LogP contribution in [0, 0.1) is 0 Å². The molecule has 3 atom stereocenters. The summed E-state index contributed by atoms with van der Waals surface area (Å²) in [6.07, 6.45) is 1.16. The van der Waals surface area contributed by atoms with Gasteiger partial charge in [-0.2, -0.15) is 18.2 Å². The molecule has 2 heterocycles. The van der Waals surface area contributed by atoms with Crippen LogP contribution in [0.25, 0.3) is 0 Å². The molecule has 37 heavy (non-hydrogen) atoms. The minimum Gasteiger partial charge on any atom is -0.390 e. The summed E-state index contributed by atoms with van der Waals surface area (Å²) >= 11 is 3.47. The van der Waals surface area contributed by atoms with Crippen molar-refractivity contribution in [2.45, 2.75) is 44.2 Å². The number of aliphatic hydroxyl groups excluding tert-OH is 1. The number of benzene rings is 1. The standard InChI is InChI=1S/C23H27BrN6O6S/c1-25-37(33,34)36-21-8-16(7-20(21)31)28-23-18(10-26-13-27-23)22(32)19-9-17(12-35-2)30(29-19)11-14-4-3-5-15(24)6-14/h3-6,9-10,13,16,20-21,25,31H,7-8,11-12H2,1-2H3,(H,26,27,28)/t16-,20+,21-/m1/s1. The summed E-state index contributed by atoms with van der Waals surface area (Å²) in [4.78, 5) is 21.7. The smallest absolute Gasteiger partial charge is 0.335 e.